The summed E-state index contributed by atoms with van der Waals surface area (Å²) >= 11 is 0. The van der Waals surface area contributed by atoms with E-state index in [2.05, 4.69) is 17.2 Å². The quantitative estimate of drug-likeness (QED) is 0.914. The van der Waals surface area contributed by atoms with Crippen molar-refractivity contribution in [3.05, 3.63) is 53.6 Å². The molecule has 2 aliphatic heterocycles. The Bertz CT molecular complexity index is 820. The third-order valence-electron chi connectivity index (χ3n) is 5.67. The van der Waals surface area contributed by atoms with Crippen molar-refractivity contribution in [3.8, 4) is 11.1 Å². The van der Waals surface area contributed by atoms with E-state index in [1.54, 1.807) is 18.3 Å². The van der Waals surface area contributed by atoms with Crippen LogP contribution < -0.4 is 5.32 Å². The molecule has 2 aliphatic rings. The highest BCUT2D eigenvalue weighted by Gasteiger charge is 2.50. The van der Waals surface area contributed by atoms with Gasteiger partial charge in [0, 0.05) is 19.8 Å². The van der Waals surface area contributed by atoms with Crippen molar-refractivity contribution in [1.29, 1.82) is 0 Å². The molecule has 0 aliphatic carbocycles. The van der Waals surface area contributed by atoms with Crippen LogP contribution in [0.1, 0.15) is 36.6 Å². The molecule has 3 heterocycles. The van der Waals surface area contributed by atoms with E-state index < -0.39 is 5.54 Å². The number of amides is 1. The van der Waals surface area contributed by atoms with Gasteiger partial charge in [0.25, 0.3) is 0 Å². The molecule has 2 saturated heterocycles. The van der Waals surface area contributed by atoms with Gasteiger partial charge in [-0.05, 0) is 61.1 Å². The number of pyridine rings is 1. The van der Waals surface area contributed by atoms with Crippen LogP contribution in [-0.4, -0.2) is 34.9 Å². The van der Waals surface area contributed by atoms with Crippen molar-refractivity contribution < 1.29 is 9.18 Å². The number of hydrogen-bond donors (Lipinski definition) is 1. The minimum Gasteiger partial charge on any atom is -0.344 e. The number of halogens is 1. The fourth-order valence-electron chi connectivity index (χ4n) is 4.22. The normalized spacial score (nSPS) is 26.0. The summed E-state index contributed by atoms with van der Waals surface area (Å²) in [5, 5.41) is 3.58. The number of rotatable bonds is 2. The molecule has 4 rings (SSSR count). The number of nitrogens with zero attached hydrogens (tertiary/aromatic N) is 2. The van der Waals surface area contributed by atoms with Gasteiger partial charge in [-0.2, -0.15) is 0 Å². The van der Waals surface area contributed by atoms with Crippen LogP contribution in [0.5, 0.6) is 0 Å². The lowest BCUT2D eigenvalue weighted by atomic mass is 9.95. The van der Waals surface area contributed by atoms with Gasteiger partial charge in [0.15, 0.2) is 0 Å². The maximum atomic E-state index is 13.2. The van der Waals surface area contributed by atoms with E-state index in [9.17, 15) is 9.18 Å². The summed E-state index contributed by atoms with van der Waals surface area (Å²) in [6.45, 7) is 2.86. The van der Waals surface area contributed by atoms with Crippen LogP contribution in [0, 0.1) is 12.7 Å². The average molecular weight is 339 g/mol. The van der Waals surface area contributed by atoms with Crippen LogP contribution >= 0.6 is 0 Å². The monoisotopic (exact) mass is 339 g/mol. The number of likely N-dealkylation sites (N-methyl/N-ethyl adjacent to an activating group) is 1. The first-order valence-corrected chi connectivity index (χ1v) is 8.75. The Morgan fingerprint density at radius 2 is 2.00 bits per heavy atom. The summed E-state index contributed by atoms with van der Waals surface area (Å²) < 4.78 is 13.2. The number of carbonyl (C=O) groups is 1. The zero-order chi connectivity index (χ0) is 17.6. The molecule has 1 aromatic carbocycles. The molecule has 2 fully saturated rings. The Morgan fingerprint density at radius 3 is 2.68 bits per heavy atom. The molecule has 0 bridgehead atoms. The molecule has 2 aromatic rings. The molecule has 1 amide bonds. The highest BCUT2D eigenvalue weighted by Crippen LogP contribution is 2.40. The van der Waals surface area contributed by atoms with Gasteiger partial charge >= 0.3 is 0 Å². The van der Waals surface area contributed by atoms with Crippen molar-refractivity contribution in [2.24, 2.45) is 0 Å². The Balaban J connectivity index is 1.65. The predicted octanol–water partition coefficient (Wildman–Crippen LogP) is 3.22. The first-order chi connectivity index (χ1) is 12.0. The molecule has 5 heteroatoms. The Kier molecular flexibility index (Phi) is 3.84. The Hall–Kier alpha value is -2.27. The molecule has 1 N–H and O–H groups in total. The first-order valence-electron chi connectivity index (χ1n) is 8.75. The average Bonchev–Trinajstić information content (AvgIpc) is 3.16. The van der Waals surface area contributed by atoms with Crippen molar-refractivity contribution in [1.82, 2.24) is 15.2 Å². The number of benzene rings is 1. The SMILES string of the molecule is Cc1c(-c2ccc(F)cc2)ccnc1[C@@H]1CC[C@@]2(CCN(C)C2=O)N1. The van der Waals surface area contributed by atoms with Gasteiger partial charge < -0.3 is 4.90 Å². The van der Waals surface area contributed by atoms with Crippen molar-refractivity contribution >= 4 is 5.91 Å². The number of carbonyl (C=O) groups excluding carboxylic acids is 1. The van der Waals surface area contributed by atoms with Gasteiger partial charge in [0.2, 0.25) is 5.91 Å². The zero-order valence-electron chi connectivity index (χ0n) is 14.6. The van der Waals surface area contributed by atoms with Gasteiger partial charge in [-0.1, -0.05) is 12.1 Å². The van der Waals surface area contributed by atoms with Gasteiger partial charge in [0.05, 0.1) is 11.7 Å². The second-order valence-electron chi connectivity index (χ2n) is 7.17. The maximum Gasteiger partial charge on any atom is 0.242 e. The summed E-state index contributed by atoms with van der Waals surface area (Å²) in [6, 6.07) is 8.58. The predicted molar refractivity (Wildman–Crippen MR) is 94.5 cm³/mol. The van der Waals surface area contributed by atoms with Gasteiger partial charge in [0.1, 0.15) is 11.4 Å². The van der Waals surface area contributed by atoms with Crippen LogP contribution in [0.4, 0.5) is 4.39 Å². The van der Waals surface area contributed by atoms with E-state index in [4.69, 9.17) is 0 Å². The largest absolute Gasteiger partial charge is 0.344 e. The second kappa shape index (κ2) is 5.92. The molecular formula is C20H22FN3O. The van der Waals surface area contributed by atoms with Gasteiger partial charge in [-0.25, -0.2) is 4.39 Å². The van der Waals surface area contributed by atoms with E-state index in [0.717, 1.165) is 48.2 Å². The number of nitrogens with one attached hydrogen (secondary N) is 1. The van der Waals surface area contributed by atoms with Gasteiger partial charge in [-0.3, -0.25) is 15.1 Å². The Labute approximate surface area is 147 Å². The molecule has 25 heavy (non-hydrogen) atoms. The van der Waals surface area contributed by atoms with Crippen LogP contribution in [0.2, 0.25) is 0 Å². The van der Waals surface area contributed by atoms with Crippen molar-refractivity contribution in [2.45, 2.75) is 37.8 Å². The molecule has 0 saturated carbocycles. The summed E-state index contributed by atoms with van der Waals surface area (Å²) in [5.74, 6) is -0.0405. The fourth-order valence-corrected chi connectivity index (χ4v) is 4.22. The van der Waals surface area contributed by atoms with Crippen molar-refractivity contribution in [2.75, 3.05) is 13.6 Å². The first kappa shape index (κ1) is 16.2. The minimum atomic E-state index is -0.417. The topological polar surface area (TPSA) is 45.2 Å². The zero-order valence-corrected chi connectivity index (χ0v) is 14.6. The third kappa shape index (κ3) is 2.63. The van der Waals surface area contributed by atoms with Crippen molar-refractivity contribution in [3.63, 3.8) is 0 Å². The highest BCUT2D eigenvalue weighted by atomic mass is 19.1. The molecule has 0 radical (unpaired) electrons. The van der Waals surface area contributed by atoms with E-state index in [0.29, 0.717) is 0 Å². The number of aromatic nitrogens is 1. The third-order valence-corrected chi connectivity index (χ3v) is 5.67. The number of hydrogen-bond acceptors (Lipinski definition) is 3. The smallest absolute Gasteiger partial charge is 0.242 e. The van der Waals surface area contributed by atoms with Crippen LogP contribution in [0.25, 0.3) is 11.1 Å². The fraction of sp³-hybridized carbons (Fsp3) is 0.400. The molecule has 2 atom stereocenters. The maximum absolute atomic E-state index is 13.2. The standard InChI is InChI=1S/C20H22FN3O/c1-13-16(14-3-5-15(21)6-4-14)8-11-22-18(13)17-7-9-20(23-17)10-12-24(2)19(20)25/h3-6,8,11,17,23H,7,9-10,12H2,1-2H3/t17-,20-/m0/s1. The molecule has 130 valence electrons. The molecule has 1 aromatic heterocycles. The molecule has 0 unspecified atom stereocenters. The van der Waals surface area contributed by atoms with Crippen LogP contribution in [0.3, 0.4) is 0 Å². The van der Waals surface area contributed by atoms with E-state index in [-0.39, 0.29) is 17.8 Å². The lowest BCUT2D eigenvalue weighted by Crippen LogP contribution is -2.47. The summed E-state index contributed by atoms with van der Waals surface area (Å²) in [4.78, 5) is 18.9. The summed E-state index contributed by atoms with van der Waals surface area (Å²) in [6.07, 6.45) is 4.41. The lowest BCUT2D eigenvalue weighted by Gasteiger charge is -2.24. The Morgan fingerprint density at radius 1 is 1.24 bits per heavy atom. The van der Waals surface area contributed by atoms with E-state index in [1.807, 2.05) is 18.0 Å². The van der Waals surface area contributed by atoms with Gasteiger partial charge in [-0.15, -0.1) is 0 Å². The second-order valence-corrected chi connectivity index (χ2v) is 7.17. The molecule has 1 spiro atoms. The van der Waals surface area contributed by atoms with E-state index >= 15 is 0 Å². The minimum absolute atomic E-state index is 0.0795. The van der Waals surface area contributed by atoms with Crippen LogP contribution in [0.15, 0.2) is 36.5 Å². The summed E-state index contributed by atoms with van der Waals surface area (Å²) in [5.41, 5.74) is 3.69. The molecular weight excluding hydrogens is 317 g/mol. The molecule has 4 nitrogen and oxygen atoms in total. The van der Waals surface area contributed by atoms with E-state index in [1.165, 1.54) is 12.1 Å². The summed E-state index contributed by atoms with van der Waals surface area (Å²) in [7, 11) is 1.87. The highest BCUT2D eigenvalue weighted by molar-refractivity contribution is 5.88. The van der Waals surface area contributed by atoms with Crippen LogP contribution in [-0.2, 0) is 4.79 Å². The number of likely N-dealkylation sites (tertiary alicyclic amines) is 1. The lowest BCUT2D eigenvalue weighted by molar-refractivity contribution is -0.131.